The van der Waals surface area contributed by atoms with Crippen LogP contribution in [0.4, 0.5) is 5.69 Å². The summed E-state index contributed by atoms with van der Waals surface area (Å²) in [6.07, 6.45) is 2.44. The summed E-state index contributed by atoms with van der Waals surface area (Å²) in [4.78, 5) is 4.12. The van der Waals surface area contributed by atoms with Gasteiger partial charge in [-0.25, -0.2) is 0 Å². The lowest BCUT2D eigenvalue weighted by atomic mass is 10.3. The number of nitrogens with one attached hydrogen (secondary N) is 1. The number of ether oxygens (including phenoxy) is 1. The lowest BCUT2D eigenvalue weighted by Gasteiger charge is -2.09. The molecule has 0 aliphatic heterocycles. The first kappa shape index (κ1) is 13.2. The van der Waals surface area contributed by atoms with E-state index in [-0.39, 0.29) is 5.75 Å². The summed E-state index contributed by atoms with van der Waals surface area (Å²) < 4.78 is 5.57. The highest BCUT2D eigenvalue weighted by molar-refractivity contribution is 5.48. The minimum absolute atomic E-state index is 0.179. The molecule has 2 N–H and O–H groups in total. The molecule has 1 aromatic carbocycles. The summed E-state index contributed by atoms with van der Waals surface area (Å²) in [5.41, 5.74) is 1.86. The van der Waals surface area contributed by atoms with Crippen molar-refractivity contribution in [3.8, 4) is 11.5 Å². The molecular formula is C15H18N2O2. The summed E-state index contributed by atoms with van der Waals surface area (Å²) in [5, 5.41) is 12.4. The van der Waals surface area contributed by atoms with E-state index in [1.807, 2.05) is 24.3 Å². The second-order valence-corrected chi connectivity index (χ2v) is 4.24. The molecule has 0 fully saturated rings. The molecular weight excluding hydrogens is 240 g/mol. The molecule has 100 valence electrons. The van der Waals surface area contributed by atoms with Crippen molar-refractivity contribution in [2.24, 2.45) is 0 Å². The Morgan fingerprint density at radius 1 is 1.26 bits per heavy atom. The van der Waals surface area contributed by atoms with Crippen LogP contribution in [0.15, 0.2) is 42.6 Å². The van der Waals surface area contributed by atoms with Crippen molar-refractivity contribution in [2.45, 2.75) is 19.9 Å². The van der Waals surface area contributed by atoms with Crippen LogP contribution in [-0.4, -0.2) is 16.7 Å². The van der Waals surface area contributed by atoms with Gasteiger partial charge in [-0.15, -0.1) is 0 Å². The van der Waals surface area contributed by atoms with Gasteiger partial charge in [0.05, 0.1) is 25.0 Å². The lowest BCUT2D eigenvalue weighted by molar-refractivity contribution is 0.317. The maximum absolute atomic E-state index is 9.16. The second-order valence-electron chi connectivity index (χ2n) is 4.24. The molecule has 2 aromatic rings. The Labute approximate surface area is 113 Å². The van der Waals surface area contributed by atoms with Gasteiger partial charge in [0.15, 0.2) is 0 Å². The molecule has 2 rings (SSSR count). The normalized spacial score (nSPS) is 10.2. The summed E-state index contributed by atoms with van der Waals surface area (Å²) >= 11 is 0. The highest BCUT2D eigenvalue weighted by Crippen LogP contribution is 2.18. The molecule has 0 saturated heterocycles. The Kier molecular flexibility index (Phi) is 4.61. The molecule has 0 bridgehead atoms. The van der Waals surface area contributed by atoms with Crippen molar-refractivity contribution in [3.05, 3.63) is 48.3 Å². The molecule has 0 aliphatic rings. The minimum atomic E-state index is 0.179. The van der Waals surface area contributed by atoms with Crippen LogP contribution in [0, 0.1) is 0 Å². The fourth-order valence-electron chi connectivity index (χ4n) is 1.63. The molecule has 0 unspecified atom stereocenters. The number of rotatable bonds is 6. The van der Waals surface area contributed by atoms with Gasteiger partial charge in [-0.2, -0.15) is 0 Å². The molecule has 0 atom stereocenters. The molecule has 1 heterocycles. The predicted octanol–water partition coefficient (Wildman–Crippen LogP) is 3.19. The standard InChI is InChI=1S/C15H18N2O2/c1-2-8-19-15-5-3-4-12(9-15)16-10-13-6-7-14(18)11-17-13/h3-7,9,11,16,18H,2,8,10H2,1H3. The minimum Gasteiger partial charge on any atom is -0.506 e. The van der Waals surface area contributed by atoms with Crippen molar-refractivity contribution in [2.75, 3.05) is 11.9 Å². The van der Waals surface area contributed by atoms with E-state index in [0.717, 1.165) is 30.2 Å². The molecule has 19 heavy (non-hydrogen) atoms. The zero-order valence-electron chi connectivity index (χ0n) is 11.0. The first-order valence-electron chi connectivity index (χ1n) is 6.38. The third kappa shape index (κ3) is 4.17. The van der Waals surface area contributed by atoms with Gasteiger partial charge in [-0.05, 0) is 30.7 Å². The van der Waals surface area contributed by atoms with Crippen LogP contribution >= 0.6 is 0 Å². The van der Waals surface area contributed by atoms with Crippen LogP contribution < -0.4 is 10.1 Å². The van der Waals surface area contributed by atoms with Gasteiger partial charge in [0.1, 0.15) is 11.5 Å². The molecule has 0 saturated carbocycles. The highest BCUT2D eigenvalue weighted by Gasteiger charge is 1.98. The number of aromatic hydroxyl groups is 1. The summed E-state index contributed by atoms with van der Waals surface area (Å²) in [7, 11) is 0. The SMILES string of the molecule is CCCOc1cccc(NCc2ccc(O)cn2)c1. The van der Waals surface area contributed by atoms with Crippen LogP contribution in [0.3, 0.4) is 0 Å². The van der Waals surface area contributed by atoms with Crippen molar-refractivity contribution in [1.82, 2.24) is 4.98 Å². The van der Waals surface area contributed by atoms with Crippen LogP contribution in [0.25, 0.3) is 0 Å². The van der Waals surface area contributed by atoms with Gasteiger partial charge in [-0.1, -0.05) is 13.0 Å². The lowest BCUT2D eigenvalue weighted by Crippen LogP contribution is -2.02. The second kappa shape index (κ2) is 6.64. The Bertz CT molecular complexity index is 512. The number of anilines is 1. The Balaban J connectivity index is 1.93. The maximum Gasteiger partial charge on any atom is 0.133 e. The topological polar surface area (TPSA) is 54.4 Å². The van der Waals surface area contributed by atoms with E-state index in [9.17, 15) is 0 Å². The van der Waals surface area contributed by atoms with Gasteiger partial charge in [-0.3, -0.25) is 4.98 Å². The first-order valence-corrected chi connectivity index (χ1v) is 6.38. The molecule has 0 amide bonds. The van der Waals surface area contributed by atoms with E-state index in [2.05, 4.69) is 17.2 Å². The largest absolute Gasteiger partial charge is 0.506 e. The third-order valence-corrected chi connectivity index (χ3v) is 2.59. The summed E-state index contributed by atoms with van der Waals surface area (Å²) in [5.74, 6) is 1.05. The van der Waals surface area contributed by atoms with E-state index in [1.165, 1.54) is 6.20 Å². The van der Waals surface area contributed by atoms with Crippen LogP contribution in [0.5, 0.6) is 11.5 Å². The number of aromatic nitrogens is 1. The molecule has 1 aromatic heterocycles. The zero-order valence-corrected chi connectivity index (χ0v) is 11.0. The zero-order chi connectivity index (χ0) is 13.5. The van der Waals surface area contributed by atoms with E-state index < -0.39 is 0 Å². The molecule has 4 heteroatoms. The van der Waals surface area contributed by atoms with Gasteiger partial charge < -0.3 is 15.2 Å². The van der Waals surface area contributed by atoms with Gasteiger partial charge in [0, 0.05) is 11.8 Å². The Morgan fingerprint density at radius 3 is 2.89 bits per heavy atom. The van der Waals surface area contributed by atoms with Gasteiger partial charge >= 0.3 is 0 Å². The average molecular weight is 258 g/mol. The van der Waals surface area contributed by atoms with E-state index in [1.54, 1.807) is 12.1 Å². The fraction of sp³-hybridized carbons (Fsp3) is 0.267. The molecule has 0 aliphatic carbocycles. The first-order chi connectivity index (χ1) is 9.28. The number of hydrogen-bond acceptors (Lipinski definition) is 4. The Morgan fingerprint density at radius 2 is 2.16 bits per heavy atom. The van der Waals surface area contributed by atoms with E-state index in [0.29, 0.717) is 6.54 Å². The average Bonchev–Trinajstić information content (AvgIpc) is 2.45. The third-order valence-electron chi connectivity index (χ3n) is 2.59. The van der Waals surface area contributed by atoms with Crippen molar-refractivity contribution < 1.29 is 9.84 Å². The molecule has 4 nitrogen and oxygen atoms in total. The van der Waals surface area contributed by atoms with Crippen molar-refractivity contribution >= 4 is 5.69 Å². The van der Waals surface area contributed by atoms with Crippen LogP contribution in [0.1, 0.15) is 19.0 Å². The summed E-state index contributed by atoms with van der Waals surface area (Å²) in [6.45, 7) is 3.42. The van der Waals surface area contributed by atoms with Gasteiger partial charge in [0.2, 0.25) is 0 Å². The van der Waals surface area contributed by atoms with E-state index in [4.69, 9.17) is 9.84 Å². The van der Waals surface area contributed by atoms with E-state index >= 15 is 0 Å². The fourth-order valence-corrected chi connectivity index (χ4v) is 1.63. The van der Waals surface area contributed by atoms with Crippen LogP contribution in [-0.2, 0) is 6.54 Å². The van der Waals surface area contributed by atoms with Crippen molar-refractivity contribution in [3.63, 3.8) is 0 Å². The number of pyridine rings is 1. The van der Waals surface area contributed by atoms with Crippen molar-refractivity contribution in [1.29, 1.82) is 0 Å². The highest BCUT2D eigenvalue weighted by atomic mass is 16.5. The number of nitrogens with zero attached hydrogens (tertiary/aromatic N) is 1. The number of hydrogen-bond donors (Lipinski definition) is 2. The predicted molar refractivity (Wildman–Crippen MR) is 75.5 cm³/mol. The molecule has 0 radical (unpaired) electrons. The van der Waals surface area contributed by atoms with Crippen LogP contribution in [0.2, 0.25) is 0 Å². The quantitative estimate of drug-likeness (QED) is 0.835. The van der Waals surface area contributed by atoms with Gasteiger partial charge in [0.25, 0.3) is 0 Å². The Hall–Kier alpha value is -2.23. The monoisotopic (exact) mass is 258 g/mol. The number of benzene rings is 1. The summed E-state index contributed by atoms with van der Waals surface area (Å²) in [6, 6.07) is 11.3. The maximum atomic E-state index is 9.16. The smallest absolute Gasteiger partial charge is 0.133 e. The molecule has 0 spiro atoms.